The Labute approximate surface area is 246 Å². The first-order chi connectivity index (χ1) is 20.3. The largest absolute Gasteiger partial charge is 0.408 e. The molecule has 1 saturated heterocycles. The SMILES string of the molecule is CC(C)n1nccc1C(=O)N[C@H](C(=O)Nc1ccc([C@H](C)C(=O)N2CC(F)CC2C(F)(F)F)cc1F)C(C1CC1)C1CC1. The molecule has 0 bridgehead atoms. The number of halogens is 5. The number of anilines is 1. The van der Waals surface area contributed by atoms with Crippen molar-refractivity contribution < 1.29 is 36.3 Å². The van der Waals surface area contributed by atoms with Crippen molar-refractivity contribution in [3.63, 3.8) is 0 Å². The molecule has 1 aromatic heterocycles. The van der Waals surface area contributed by atoms with Crippen molar-refractivity contribution in [2.45, 2.75) is 89.3 Å². The van der Waals surface area contributed by atoms with Gasteiger partial charge in [-0.05, 0) is 88.0 Å². The number of carbonyl (C=O) groups is 3. The van der Waals surface area contributed by atoms with E-state index in [4.69, 9.17) is 0 Å². The van der Waals surface area contributed by atoms with Crippen LogP contribution in [0.5, 0.6) is 0 Å². The molecule has 0 radical (unpaired) electrons. The molecule has 4 atom stereocenters. The van der Waals surface area contributed by atoms with Gasteiger partial charge in [0.1, 0.15) is 29.8 Å². The normalized spacial score (nSPS) is 22.1. The Balaban J connectivity index is 1.33. The zero-order chi connectivity index (χ0) is 31.2. The molecular weight excluding hydrogens is 573 g/mol. The lowest BCUT2D eigenvalue weighted by Gasteiger charge is -2.29. The van der Waals surface area contributed by atoms with Gasteiger partial charge < -0.3 is 15.5 Å². The lowest BCUT2D eigenvalue weighted by atomic mass is 9.88. The fraction of sp³-hybridized carbons (Fsp3) is 0.600. The van der Waals surface area contributed by atoms with Gasteiger partial charge in [-0.1, -0.05) is 6.07 Å². The molecule has 43 heavy (non-hydrogen) atoms. The summed E-state index contributed by atoms with van der Waals surface area (Å²) in [6.07, 6.45) is -2.15. The van der Waals surface area contributed by atoms with E-state index < -0.39 is 66.9 Å². The summed E-state index contributed by atoms with van der Waals surface area (Å²) in [5.74, 6) is -3.64. The van der Waals surface area contributed by atoms with Gasteiger partial charge in [0, 0.05) is 18.7 Å². The summed E-state index contributed by atoms with van der Waals surface area (Å²) in [7, 11) is 0. The molecule has 2 aliphatic carbocycles. The molecule has 2 N–H and O–H groups in total. The summed E-state index contributed by atoms with van der Waals surface area (Å²) in [6, 6.07) is 1.89. The van der Waals surface area contributed by atoms with Crippen molar-refractivity contribution in [3.8, 4) is 0 Å². The van der Waals surface area contributed by atoms with Crippen LogP contribution in [0.2, 0.25) is 0 Å². The van der Waals surface area contributed by atoms with Crippen molar-refractivity contribution in [3.05, 3.63) is 47.5 Å². The van der Waals surface area contributed by atoms with E-state index in [0.717, 1.165) is 31.7 Å². The number of hydrogen-bond donors (Lipinski definition) is 2. The molecule has 3 aliphatic rings. The van der Waals surface area contributed by atoms with Crippen LogP contribution in [0.15, 0.2) is 30.5 Å². The summed E-state index contributed by atoms with van der Waals surface area (Å²) in [6.45, 7) is 4.41. The van der Waals surface area contributed by atoms with Gasteiger partial charge in [0.15, 0.2) is 0 Å². The maximum absolute atomic E-state index is 15.3. The minimum absolute atomic E-state index is 0.0872. The van der Waals surface area contributed by atoms with Crippen LogP contribution in [0.25, 0.3) is 0 Å². The topological polar surface area (TPSA) is 96.3 Å². The number of aromatic nitrogens is 2. The quantitative estimate of drug-likeness (QED) is 0.354. The molecule has 2 saturated carbocycles. The molecule has 3 fully saturated rings. The van der Waals surface area contributed by atoms with Crippen LogP contribution in [-0.4, -0.2) is 63.4 Å². The van der Waals surface area contributed by atoms with E-state index in [-0.39, 0.29) is 35.0 Å². The first-order valence-corrected chi connectivity index (χ1v) is 14.7. The minimum Gasteiger partial charge on any atom is -0.339 e. The molecule has 1 aromatic carbocycles. The third-order valence-corrected chi connectivity index (χ3v) is 8.71. The van der Waals surface area contributed by atoms with Crippen LogP contribution in [0, 0.1) is 23.6 Å². The Kier molecular flexibility index (Phi) is 8.54. The van der Waals surface area contributed by atoms with Crippen LogP contribution in [0.4, 0.5) is 27.6 Å². The van der Waals surface area contributed by atoms with E-state index in [9.17, 15) is 31.9 Å². The number of rotatable bonds is 10. The van der Waals surface area contributed by atoms with Crippen molar-refractivity contribution in [2.24, 2.45) is 17.8 Å². The monoisotopic (exact) mass is 609 g/mol. The first-order valence-electron chi connectivity index (χ1n) is 14.7. The lowest BCUT2D eigenvalue weighted by molar-refractivity contribution is -0.183. The zero-order valence-corrected chi connectivity index (χ0v) is 24.2. The third kappa shape index (κ3) is 6.70. The zero-order valence-electron chi connectivity index (χ0n) is 24.2. The van der Waals surface area contributed by atoms with E-state index in [1.54, 1.807) is 10.7 Å². The van der Waals surface area contributed by atoms with E-state index in [1.807, 2.05) is 13.8 Å². The second-order valence-electron chi connectivity index (χ2n) is 12.3. The maximum atomic E-state index is 15.3. The Morgan fingerprint density at radius 3 is 2.23 bits per heavy atom. The molecule has 1 aliphatic heterocycles. The van der Waals surface area contributed by atoms with Gasteiger partial charge in [0.2, 0.25) is 11.8 Å². The highest BCUT2D eigenvalue weighted by Gasteiger charge is 2.52. The molecule has 0 spiro atoms. The number of likely N-dealkylation sites (tertiary alicyclic amines) is 1. The standard InChI is InChI=1S/C30H36F5N5O3/c1-15(2)40-23(10-11-36-40)27(41)38-26(25(17-4-5-17)18-6-7-18)28(42)37-22-9-8-19(12-21(22)32)16(3)29(43)39-14-20(31)13-24(39)30(33,34)35/h8-12,15-18,20,24-26H,4-7,13-14H2,1-3H3,(H,37,42)(H,38,41)/t16-,20?,24?,26-/m0/s1. The molecule has 2 unspecified atom stereocenters. The maximum Gasteiger partial charge on any atom is 0.408 e. The number of hydrogen-bond acceptors (Lipinski definition) is 4. The van der Waals surface area contributed by atoms with Gasteiger partial charge >= 0.3 is 6.18 Å². The number of nitrogens with zero attached hydrogens (tertiary/aromatic N) is 3. The van der Waals surface area contributed by atoms with Gasteiger partial charge in [0.05, 0.1) is 18.2 Å². The van der Waals surface area contributed by atoms with Gasteiger partial charge in [-0.25, -0.2) is 8.78 Å². The second-order valence-corrected chi connectivity index (χ2v) is 12.3. The number of amides is 3. The third-order valence-electron chi connectivity index (χ3n) is 8.71. The van der Waals surface area contributed by atoms with Crippen LogP contribution >= 0.6 is 0 Å². The smallest absolute Gasteiger partial charge is 0.339 e. The average Bonchev–Trinajstić information content (AvgIpc) is 3.87. The molecule has 13 heteroatoms. The van der Waals surface area contributed by atoms with Gasteiger partial charge in [-0.3, -0.25) is 19.1 Å². The van der Waals surface area contributed by atoms with E-state index >= 15 is 4.39 Å². The number of alkyl halides is 4. The van der Waals surface area contributed by atoms with Gasteiger partial charge in [-0.2, -0.15) is 18.3 Å². The summed E-state index contributed by atoms with van der Waals surface area (Å²) in [5, 5.41) is 9.66. The van der Waals surface area contributed by atoms with Crippen LogP contribution in [-0.2, 0) is 9.59 Å². The Morgan fingerprint density at radius 1 is 1.02 bits per heavy atom. The second kappa shape index (κ2) is 11.9. The Morgan fingerprint density at radius 2 is 1.67 bits per heavy atom. The highest BCUT2D eigenvalue weighted by atomic mass is 19.4. The molecule has 8 nitrogen and oxygen atoms in total. The Bertz CT molecular complexity index is 1360. The molecule has 5 rings (SSSR count). The van der Waals surface area contributed by atoms with E-state index in [1.165, 1.54) is 25.3 Å². The average molecular weight is 610 g/mol. The van der Waals surface area contributed by atoms with Gasteiger partial charge in [0.25, 0.3) is 5.91 Å². The summed E-state index contributed by atoms with van der Waals surface area (Å²) < 4.78 is 70.9. The predicted octanol–water partition coefficient (Wildman–Crippen LogP) is 5.38. The van der Waals surface area contributed by atoms with Crippen molar-refractivity contribution in [2.75, 3.05) is 11.9 Å². The minimum atomic E-state index is -4.78. The number of benzene rings is 1. The molecular formula is C30H36F5N5O3. The lowest BCUT2D eigenvalue weighted by Crippen LogP contribution is -2.50. The number of nitrogens with one attached hydrogen (secondary N) is 2. The van der Waals surface area contributed by atoms with E-state index in [0.29, 0.717) is 10.6 Å². The van der Waals surface area contributed by atoms with Crippen LogP contribution in [0.1, 0.15) is 80.9 Å². The van der Waals surface area contributed by atoms with Crippen molar-refractivity contribution in [1.82, 2.24) is 20.0 Å². The van der Waals surface area contributed by atoms with Crippen molar-refractivity contribution >= 4 is 23.4 Å². The summed E-state index contributed by atoms with van der Waals surface area (Å²) >= 11 is 0. The Hall–Kier alpha value is -3.51. The van der Waals surface area contributed by atoms with E-state index in [2.05, 4.69) is 15.7 Å². The highest BCUT2D eigenvalue weighted by molar-refractivity contribution is 6.01. The van der Waals surface area contributed by atoms with Crippen LogP contribution in [0.3, 0.4) is 0 Å². The van der Waals surface area contributed by atoms with Crippen molar-refractivity contribution in [1.29, 1.82) is 0 Å². The first kappa shape index (κ1) is 30.9. The molecule has 234 valence electrons. The van der Waals surface area contributed by atoms with Gasteiger partial charge in [-0.15, -0.1) is 0 Å². The summed E-state index contributed by atoms with van der Waals surface area (Å²) in [5.41, 5.74) is 0.199. The summed E-state index contributed by atoms with van der Waals surface area (Å²) in [4.78, 5) is 40.3. The fourth-order valence-corrected chi connectivity index (χ4v) is 6.19. The highest BCUT2D eigenvalue weighted by Crippen LogP contribution is 2.51. The number of carbonyl (C=O) groups excluding carboxylic acids is 3. The fourth-order valence-electron chi connectivity index (χ4n) is 6.19. The van der Waals surface area contributed by atoms with Crippen LogP contribution < -0.4 is 10.6 Å². The predicted molar refractivity (Wildman–Crippen MR) is 147 cm³/mol. The molecule has 3 amide bonds. The molecule has 2 heterocycles. The molecule has 2 aromatic rings.